The smallest absolute Gasteiger partial charge is 0.236 e. The summed E-state index contributed by atoms with van der Waals surface area (Å²) in [6.07, 6.45) is 0. The Balaban J connectivity index is 2.68. The van der Waals surface area contributed by atoms with Crippen LogP contribution in [0, 0.1) is 0 Å². The summed E-state index contributed by atoms with van der Waals surface area (Å²) in [4.78, 5) is 13.3. The van der Waals surface area contributed by atoms with E-state index < -0.39 is 0 Å². The van der Waals surface area contributed by atoms with Gasteiger partial charge in [0, 0.05) is 25.2 Å². The molecule has 0 spiro atoms. The van der Waals surface area contributed by atoms with Gasteiger partial charge in [-0.3, -0.25) is 4.79 Å². The molecular formula is C12H17ClN2O2. The highest BCUT2D eigenvalue weighted by atomic mass is 35.5. The van der Waals surface area contributed by atoms with E-state index in [1.54, 1.807) is 18.1 Å². The summed E-state index contributed by atoms with van der Waals surface area (Å²) in [7, 11) is 1.60. The molecule has 0 aromatic heterocycles. The van der Waals surface area contributed by atoms with Gasteiger partial charge < -0.3 is 15.4 Å². The van der Waals surface area contributed by atoms with Crippen molar-refractivity contribution in [1.82, 2.24) is 4.90 Å². The third kappa shape index (κ3) is 4.73. The summed E-state index contributed by atoms with van der Waals surface area (Å²) in [6, 6.07) is 7.43. The van der Waals surface area contributed by atoms with E-state index in [2.05, 4.69) is 0 Å². The fourth-order valence-corrected chi connectivity index (χ4v) is 1.69. The van der Waals surface area contributed by atoms with E-state index in [1.807, 2.05) is 18.2 Å². The Labute approximate surface area is 106 Å². The Hall–Kier alpha value is -1.10. The van der Waals surface area contributed by atoms with Crippen LogP contribution in [-0.4, -0.2) is 37.6 Å². The summed E-state index contributed by atoms with van der Waals surface area (Å²) in [5.74, 6) is -0.0953. The monoisotopic (exact) mass is 256 g/mol. The van der Waals surface area contributed by atoms with Crippen LogP contribution in [0.4, 0.5) is 0 Å². The molecule has 1 aromatic carbocycles. The lowest BCUT2D eigenvalue weighted by atomic mass is 10.2. The maximum Gasteiger partial charge on any atom is 0.236 e. The first-order chi connectivity index (χ1) is 8.17. The minimum atomic E-state index is -0.0953. The van der Waals surface area contributed by atoms with Crippen molar-refractivity contribution in [3.05, 3.63) is 34.9 Å². The largest absolute Gasteiger partial charge is 0.383 e. The zero-order chi connectivity index (χ0) is 12.7. The standard InChI is InChI=1S/C12H17ClN2O2/c1-17-6-5-15(12(16)8-14)9-10-3-2-4-11(13)7-10/h2-4,7H,5-6,8-9,14H2,1H3. The number of ether oxygens (including phenoxy) is 1. The van der Waals surface area contributed by atoms with Crippen LogP contribution in [0.3, 0.4) is 0 Å². The summed E-state index contributed by atoms with van der Waals surface area (Å²) in [6.45, 7) is 1.52. The first-order valence-corrected chi connectivity index (χ1v) is 5.76. The molecule has 0 fully saturated rings. The normalized spacial score (nSPS) is 10.3. The van der Waals surface area contributed by atoms with E-state index in [1.165, 1.54) is 0 Å². The molecule has 1 amide bonds. The van der Waals surface area contributed by atoms with Gasteiger partial charge in [-0.15, -0.1) is 0 Å². The Morgan fingerprint density at radius 2 is 2.29 bits per heavy atom. The van der Waals surface area contributed by atoms with E-state index in [0.717, 1.165) is 5.56 Å². The molecule has 0 radical (unpaired) electrons. The van der Waals surface area contributed by atoms with Gasteiger partial charge in [0.05, 0.1) is 13.2 Å². The third-order valence-electron chi connectivity index (χ3n) is 2.36. The number of nitrogens with two attached hydrogens (primary N) is 1. The summed E-state index contributed by atoms with van der Waals surface area (Å²) < 4.78 is 4.97. The number of carbonyl (C=O) groups excluding carboxylic acids is 1. The van der Waals surface area contributed by atoms with E-state index in [-0.39, 0.29) is 12.5 Å². The van der Waals surface area contributed by atoms with Gasteiger partial charge in [0.1, 0.15) is 0 Å². The fourth-order valence-electron chi connectivity index (χ4n) is 1.48. The molecule has 2 N–H and O–H groups in total. The predicted molar refractivity (Wildman–Crippen MR) is 67.8 cm³/mol. The molecule has 0 unspecified atom stereocenters. The van der Waals surface area contributed by atoms with Crippen LogP contribution in [0.1, 0.15) is 5.56 Å². The second-order valence-electron chi connectivity index (χ2n) is 3.64. The zero-order valence-corrected chi connectivity index (χ0v) is 10.6. The van der Waals surface area contributed by atoms with E-state index in [9.17, 15) is 4.79 Å². The molecule has 0 aliphatic rings. The van der Waals surface area contributed by atoms with Crippen molar-refractivity contribution in [1.29, 1.82) is 0 Å². The Bertz CT molecular complexity index is 371. The minimum Gasteiger partial charge on any atom is -0.383 e. The first-order valence-electron chi connectivity index (χ1n) is 5.38. The molecule has 4 nitrogen and oxygen atoms in total. The lowest BCUT2D eigenvalue weighted by Crippen LogP contribution is -2.37. The number of nitrogens with zero attached hydrogens (tertiary/aromatic N) is 1. The lowest BCUT2D eigenvalue weighted by Gasteiger charge is -2.21. The van der Waals surface area contributed by atoms with Crippen molar-refractivity contribution in [3.8, 4) is 0 Å². The SMILES string of the molecule is COCCN(Cc1cccc(Cl)c1)C(=O)CN. The predicted octanol–water partition coefficient (Wildman–Crippen LogP) is 1.27. The van der Waals surface area contributed by atoms with E-state index in [0.29, 0.717) is 24.7 Å². The highest BCUT2D eigenvalue weighted by Crippen LogP contribution is 2.12. The number of hydrogen-bond acceptors (Lipinski definition) is 3. The second-order valence-corrected chi connectivity index (χ2v) is 4.08. The second kappa shape index (κ2) is 7.27. The van der Waals surface area contributed by atoms with Crippen molar-refractivity contribution in [2.45, 2.75) is 6.54 Å². The number of halogens is 1. The number of benzene rings is 1. The van der Waals surface area contributed by atoms with Gasteiger partial charge in [-0.2, -0.15) is 0 Å². The number of rotatable bonds is 6. The van der Waals surface area contributed by atoms with Crippen molar-refractivity contribution in [2.75, 3.05) is 26.8 Å². The van der Waals surface area contributed by atoms with E-state index >= 15 is 0 Å². The molecule has 5 heteroatoms. The Morgan fingerprint density at radius 1 is 1.53 bits per heavy atom. The third-order valence-corrected chi connectivity index (χ3v) is 2.59. The molecule has 94 valence electrons. The molecule has 1 aromatic rings. The average molecular weight is 257 g/mol. The summed E-state index contributed by atoms with van der Waals surface area (Å²) in [5.41, 5.74) is 6.35. The molecule has 1 rings (SSSR count). The van der Waals surface area contributed by atoms with Gasteiger partial charge in [-0.1, -0.05) is 23.7 Å². The highest BCUT2D eigenvalue weighted by molar-refractivity contribution is 6.30. The average Bonchev–Trinajstić information content (AvgIpc) is 2.33. The zero-order valence-electron chi connectivity index (χ0n) is 9.86. The number of amides is 1. The molecule has 0 saturated carbocycles. The molecule has 0 aliphatic carbocycles. The summed E-state index contributed by atoms with van der Waals surface area (Å²) >= 11 is 5.89. The molecular weight excluding hydrogens is 240 g/mol. The number of hydrogen-bond donors (Lipinski definition) is 1. The van der Waals surface area contributed by atoms with Crippen LogP contribution < -0.4 is 5.73 Å². The first kappa shape index (κ1) is 14.0. The van der Waals surface area contributed by atoms with Gasteiger partial charge in [0.2, 0.25) is 5.91 Å². The number of methoxy groups -OCH3 is 1. The minimum absolute atomic E-state index is 0.00425. The van der Waals surface area contributed by atoms with Crippen molar-refractivity contribution in [2.24, 2.45) is 5.73 Å². The maximum atomic E-state index is 11.6. The van der Waals surface area contributed by atoms with Crippen LogP contribution in [0.2, 0.25) is 5.02 Å². The van der Waals surface area contributed by atoms with E-state index in [4.69, 9.17) is 22.1 Å². The van der Waals surface area contributed by atoms with Gasteiger partial charge in [0.15, 0.2) is 0 Å². The molecule has 0 saturated heterocycles. The van der Waals surface area contributed by atoms with Crippen molar-refractivity contribution < 1.29 is 9.53 Å². The molecule has 0 heterocycles. The van der Waals surface area contributed by atoms with Crippen LogP contribution in [0.25, 0.3) is 0 Å². The van der Waals surface area contributed by atoms with Crippen LogP contribution in [-0.2, 0) is 16.1 Å². The van der Waals surface area contributed by atoms with Crippen LogP contribution in [0.5, 0.6) is 0 Å². The summed E-state index contributed by atoms with van der Waals surface area (Å²) in [5, 5.41) is 0.661. The molecule has 0 atom stereocenters. The number of carbonyl (C=O) groups is 1. The fraction of sp³-hybridized carbons (Fsp3) is 0.417. The van der Waals surface area contributed by atoms with Gasteiger partial charge in [-0.25, -0.2) is 0 Å². The van der Waals surface area contributed by atoms with Gasteiger partial charge >= 0.3 is 0 Å². The molecule has 0 aliphatic heterocycles. The quantitative estimate of drug-likeness (QED) is 0.834. The lowest BCUT2D eigenvalue weighted by molar-refractivity contribution is -0.130. The van der Waals surface area contributed by atoms with Crippen molar-refractivity contribution >= 4 is 17.5 Å². The topological polar surface area (TPSA) is 55.6 Å². The Kier molecular flexibility index (Phi) is 5.97. The molecule has 17 heavy (non-hydrogen) atoms. The van der Waals surface area contributed by atoms with Crippen LogP contribution >= 0.6 is 11.6 Å². The highest BCUT2D eigenvalue weighted by Gasteiger charge is 2.11. The molecule has 0 bridgehead atoms. The van der Waals surface area contributed by atoms with Crippen LogP contribution in [0.15, 0.2) is 24.3 Å². The van der Waals surface area contributed by atoms with Crippen molar-refractivity contribution in [3.63, 3.8) is 0 Å². The Morgan fingerprint density at radius 3 is 2.88 bits per heavy atom. The van der Waals surface area contributed by atoms with Gasteiger partial charge in [-0.05, 0) is 17.7 Å². The van der Waals surface area contributed by atoms with Gasteiger partial charge in [0.25, 0.3) is 0 Å². The maximum absolute atomic E-state index is 11.6.